The van der Waals surface area contributed by atoms with Gasteiger partial charge in [0.1, 0.15) is 18.3 Å². The molecule has 0 spiro atoms. The lowest BCUT2D eigenvalue weighted by atomic mass is 10.1. The molecule has 220 valence electrons. The van der Waals surface area contributed by atoms with Crippen LogP contribution in [0.25, 0.3) is 0 Å². The number of benzene rings is 3. The van der Waals surface area contributed by atoms with Crippen molar-refractivity contribution in [2.75, 3.05) is 18.0 Å². The van der Waals surface area contributed by atoms with Crippen molar-refractivity contribution in [3.05, 3.63) is 89.5 Å². The van der Waals surface area contributed by atoms with Crippen LogP contribution in [-0.2, 0) is 32.6 Å². The zero-order valence-electron chi connectivity index (χ0n) is 25.0. The molecular formula is C32H41N3O5S. The van der Waals surface area contributed by atoms with Crippen LogP contribution in [0.4, 0.5) is 5.69 Å². The first-order valence-corrected chi connectivity index (χ1v) is 15.1. The second-order valence-corrected chi connectivity index (χ2v) is 13.0. The summed E-state index contributed by atoms with van der Waals surface area (Å²) in [5, 5.41) is 2.94. The first-order valence-electron chi connectivity index (χ1n) is 13.7. The maximum atomic E-state index is 14.1. The Hall–Kier alpha value is -3.85. The number of hydrogen-bond acceptors (Lipinski definition) is 5. The molecule has 0 aliphatic heterocycles. The average Bonchev–Trinajstić information content (AvgIpc) is 2.93. The highest BCUT2D eigenvalue weighted by Crippen LogP contribution is 2.28. The largest absolute Gasteiger partial charge is 0.497 e. The van der Waals surface area contributed by atoms with Crippen molar-refractivity contribution in [1.82, 2.24) is 10.2 Å². The van der Waals surface area contributed by atoms with Gasteiger partial charge in [0.25, 0.3) is 10.0 Å². The standard InChI is InChI=1S/C32H41N3O5S/c1-8-26-11-9-10-12-29(26)35(41(38,39)28-19-13-23(2)14-20-28)22-30(36)34(24(3)31(37)33-32(4,5)6)21-25-15-17-27(40-7)18-16-25/h9-20,24H,8,21-22H2,1-7H3,(H,33,37). The molecule has 9 heteroatoms. The predicted octanol–water partition coefficient (Wildman–Crippen LogP) is 5.09. The topological polar surface area (TPSA) is 96.0 Å². The summed E-state index contributed by atoms with van der Waals surface area (Å²) in [7, 11) is -2.55. The molecule has 41 heavy (non-hydrogen) atoms. The third-order valence-corrected chi connectivity index (χ3v) is 8.48. The maximum absolute atomic E-state index is 14.1. The summed E-state index contributed by atoms with van der Waals surface area (Å²) in [5.74, 6) is -0.170. The summed E-state index contributed by atoms with van der Waals surface area (Å²) in [6.45, 7) is 10.7. The second kappa shape index (κ2) is 13.2. The van der Waals surface area contributed by atoms with Gasteiger partial charge in [0.15, 0.2) is 0 Å². The fourth-order valence-electron chi connectivity index (χ4n) is 4.39. The Labute approximate surface area is 244 Å². The quantitative estimate of drug-likeness (QED) is 0.341. The number of para-hydroxylation sites is 1. The van der Waals surface area contributed by atoms with Gasteiger partial charge in [-0.15, -0.1) is 0 Å². The van der Waals surface area contributed by atoms with E-state index in [0.29, 0.717) is 17.9 Å². The number of carbonyl (C=O) groups is 2. The molecule has 0 aliphatic carbocycles. The van der Waals surface area contributed by atoms with Gasteiger partial charge in [-0.05, 0) is 82.5 Å². The van der Waals surface area contributed by atoms with E-state index in [-0.39, 0.29) is 17.3 Å². The molecule has 0 saturated carbocycles. The van der Waals surface area contributed by atoms with Crippen molar-refractivity contribution in [2.24, 2.45) is 0 Å². The molecule has 0 saturated heterocycles. The molecule has 1 atom stereocenters. The van der Waals surface area contributed by atoms with E-state index in [2.05, 4.69) is 5.32 Å². The fraction of sp³-hybridized carbons (Fsp3) is 0.375. The van der Waals surface area contributed by atoms with Crippen LogP contribution in [0.3, 0.4) is 0 Å². The van der Waals surface area contributed by atoms with Gasteiger partial charge < -0.3 is 15.0 Å². The van der Waals surface area contributed by atoms with Gasteiger partial charge in [0, 0.05) is 12.1 Å². The Kier molecular flexibility index (Phi) is 10.2. The second-order valence-electron chi connectivity index (χ2n) is 11.1. The number of nitrogens with zero attached hydrogens (tertiary/aromatic N) is 2. The Morgan fingerprint density at radius 2 is 1.56 bits per heavy atom. The van der Waals surface area contributed by atoms with Gasteiger partial charge >= 0.3 is 0 Å². The summed E-state index contributed by atoms with van der Waals surface area (Å²) in [5.41, 5.74) is 2.40. The zero-order valence-corrected chi connectivity index (χ0v) is 25.8. The number of nitrogens with one attached hydrogen (secondary N) is 1. The van der Waals surface area contributed by atoms with Crippen LogP contribution in [0.1, 0.15) is 51.3 Å². The van der Waals surface area contributed by atoms with Crippen LogP contribution in [0, 0.1) is 6.92 Å². The van der Waals surface area contributed by atoms with Gasteiger partial charge in [0.05, 0.1) is 17.7 Å². The van der Waals surface area contributed by atoms with Crippen LogP contribution in [0.5, 0.6) is 5.75 Å². The zero-order chi connectivity index (χ0) is 30.4. The lowest BCUT2D eigenvalue weighted by molar-refractivity contribution is -0.140. The average molecular weight is 580 g/mol. The highest BCUT2D eigenvalue weighted by atomic mass is 32.2. The molecule has 0 bridgehead atoms. The van der Waals surface area contributed by atoms with E-state index in [9.17, 15) is 18.0 Å². The first-order chi connectivity index (χ1) is 19.3. The Morgan fingerprint density at radius 1 is 0.951 bits per heavy atom. The van der Waals surface area contributed by atoms with Crippen LogP contribution in [-0.4, -0.2) is 50.4 Å². The summed E-state index contributed by atoms with van der Waals surface area (Å²) in [6.07, 6.45) is 0.574. The van der Waals surface area contributed by atoms with E-state index in [1.165, 1.54) is 4.90 Å². The summed E-state index contributed by atoms with van der Waals surface area (Å²) >= 11 is 0. The molecule has 0 heterocycles. The van der Waals surface area contributed by atoms with E-state index in [4.69, 9.17) is 4.74 Å². The molecule has 3 aromatic carbocycles. The number of amides is 2. The molecule has 8 nitrogen and oxygen atoms in total. The molecule has 0 radical (unpaired) electrons. The molecule has 3 aromatic rings. The molecule has 0 aliphatic rings. The number of methoxy groups -OCH3 is 1. The van der Waals surface area contributed by atoms with E-state index < -0.39 is 34.1 Å². The number of aryl methyl sites for hydroxylation is 2. The van der Waals surface area contributed by atoms with E-state index in [1.54, 1.807) is 62.6 Å². The molecule has 1 unspecified atom stereocenters. The lowest BCUT2D eigenvalue weighted by Crippen LogP contribution is -2.54. The van der Waals surface area contributed by atoms with Gasteiger partial charge in [-0.2, -0.15) is 0 Å². The molecule has 0 fully saturated rings. The van der Waals surface area contributed by atoms with Crippen LogP contribution >= 0.6 is 0 Å². The van der Waals surface area contributed by atoms with Gasteiger partial charge in [-0.25, -0.2) is 8.42 Å². The van der Waals surface area contributed by atoms with Crippen LogP contribution < -0.4 is 14.4 Å². The molecule has 0 aromatic heterocycles. The predicted molar refractivity (Wildman–Crippen MR) is 162 cm³/mol. The van der Waals surface area contributed by atoms with Crippen molar-refractivity contribution in [2.45, 2.75) is 71.0 Å². The third-order valence-electron chi connectivity index (χ3n) is 6.71. The van der Waals surface area contributed by atoms with Crippen LogP contribution in [0.15, 0.2) is 77.7 Å². The molecule has 1 N–H and O–H groups in total. The maximum Gasteiger partial charge on any atom is 0.264 e. The highest BCUT2D eigenvalue weighted by molar-refractivity contribution is 7.92. The Balaban J connectivity index is 2.07. The van der Waals surface area contributed by atoms with Gasteiger partial charge in [-0.3, -0.25) is 13.9 Å². The van der Waals surface area contributed by atoms with Gasteiger partial charge in [-0.1, -0.05) is 55.0 Å². The Morgan fingerprint density at radius 3 is 2.12 bits per heavy atom. The van der Waals surface area contributed by atoms with Gasteiger partial charge in [0.2, 0.25) is 11.8 Å². The molecule has 3 rings (SSSR count). The van der Waals surface area contributed by atoms with Crippen molar-refractivity contribution in [1.29, 1.82) is 0 Å². The monoisotopic (exact) mass is 579 g/mol. The van der Waals surface area contributed by atoms with Crippen molar-refractivity contribution in [3.63, 3.8) is 0 Å². The summed E-state index contributed by atoms with van der Waals surface area (Å²) < 4.78 is 34.5. The third kappa shape index (κ3) is 8.10. The normalized spacial score (nSPS) is 12.4. The summed E-state index contributed by atoms with van der Waals surface area (Å²) in [4.78, 5) is 28.9. The first kappa shape index (κ1) is 31.7. The minimum absolute atomic E-state index is 0.0852. The van der Waals surface area contributed by atoms with Crippen molar-refractivity contribution in [3.8, 4) is 5.75 Å². The van der Waals surface area contributed by atoms with E-state index >= 15 is 0 Å². The Bertz CT molecular complexity index is 1450. The number of rotatable bonds is 11. The smallest absolute Gasteiger partial charge is 0.264 e. The highest BCUT2D eigenvalue weighted by Gasteiger charge is 2.34. The number of sulfonamides is 1. The number of carbonyl (C=O) groups excluding carboxylic acids is 2. The van der Waals surface area contributed by atoms with E-state index in [0.717, 1.165) is 21.0 Å². The SMILES string of the molecule is CCc1ccccc1N(CC(=O)N(Cc1ccc(OC)cc1)C(C)C(=O)NC(C)(C)C)S(=O)(=O)c1ccc(C)cc1. The van der Waals surface area contributed by atoms with E-state index in [1.807, 2.05) is 58.9 Å². The minimum atomic E-state index is -4.12. The van der Waals surface area contributed by atoms with Crippen molar-refractivity contribution >= 4 is 27.5 Å². The lowest BCUT2D eigenvalue weighted by Gasteiger charge is -2.34. The van der Waals surface area contributed by atoms with Crippen molar-refractivity contribution < 1.29 is 22.7 Å². The number of anilines is 1. The molecule has 2 amide bonds. The number of hydrogen-bond donors (Lipinski definition) is 1. The fourth-order valence-corrected chi connectivity index (χ4v) is 5.84. The molecular weight excluding hydrogens is 538 g/mol. The summed E-state index contributed by atoms with van der Waals surface area (Å²) in [6, 6.07) is 20.1. The van der Waals surface area contributed by atoms with Crippen LogP contribution in [0.2, 0.25) is 0 Å². The minimum Gasteiger partial charge on any atom is -0.497 e. The number of ether oxygens (including phenoxy) is 1.